The number of halogens is 1. The van der Waals surface area contributed by atoms with Crippen LogP contribution in [0.3, 0.4) is 0 Å². The summed E-state index contributed by atoms with van der Waals surface area (Å²) in [6.45, 7) is 3.96. The molecule has 0 aliphatic carbocycles. The zero-order chi connectivity index (χ0) is 25.9. The van der Waals surface area contributed by atoms with Crippen LogP contribution in [0.2, 0.25) is 5.02 Å². The van der Waals surface area contributed by atoms with Gasteiger partial charge in [-0.1, -0.05) is 29.8 Å². The van der Waals surface area contributed by atoms with Crippen molar-refractivity contribution in [2.24, 2.45) is 0 Å². The largest absolute Gasteiger partial charge is 0.457 e. The number of carbonyl (C=O) groups excluding carboxylic acids is 1. The lowest BCUT2D eigenvalue weighted by atomic mass is 10.1. The van der Waals surface area contributed by atoms with E-state index in [9.17, 15) is 4.79 Å². The summed E-state index contributed by atoms with van der Waals surface area (Å²) >= 11 is 11.5. The SMILES string of the molecule is Cc1ccc2oc(-c3ccc(NC(=S)NC(=O)/C=C/c4ccc(-c5ccc(C)c(Cl)c5)o4)cc3)nc2c1. The average Bonchev–Trinajstić information content (AvgIpc) is 3.52. The highest BCUT2D eigenvalue weighted by atomic mass is 35.5. The maximum atomic E-state index is 12.3. The standard InChI is InChI=1S/C29H22ClN3O3S/c1-17-3-12-26-24(15-17)32-28(36-26)19-6-8-21(9-7-19)31-29(37)33-27(34)14-11-22-10-13-25(35-22)20-5-4-18(2)23(30)16-20/h3-16H,1-2H3,(H2,31,33,34,37)/b14-11+. The fourth-order valence-electron chi connectivity index (χ4n) is 3.67. The summed E-state index contributed by atoms with van der Waals surface area (Å²) in [5.74, 6) is 1.35. The van der Waals surface area contributed by atoms with E-state index in [0.29, 0.717) is 22.4 Å². The Kier molecular flexibility index (Phi) is 6.90. The molecule has 8 heteroatoms. The highest BCUT2D eigenvalue weighted by molar-refractivity contribution is 7.80. The predicted octanol–water partition coefficient (Wildman–Crippen LogP) is 7.55. The molecule has 0 aliphatic heterocycles. The fourth-order valence-corrected chi connectivity index (χ4v) is 4.07. The van der Waals surface area contributed by atoms with Crippen molar-refractivity contribution in [3.8, 4) is 22.8 Å². The van der Waals surface area contributed by atoms with Crippen LogP contribution in [0.25, 0.3) is 40.0 Å². The molecule has 37 heavy (non-hydrogen) atoms. The van der Waals surface area contributed by atoms with Gasteiger partial charge < -0.3 is 14.2 Å². The van der Waals surface area contributed by atoms with Crippen molar-refractivity contribution in [3.05, 3.63) is 101 Å². The van der Waals surface area contributed by atoms with Crippen LogP contribution in [0.5, 0.6) is 0 Å². The molecule has 0 unspecified atom stereocenters. The average molecular weight is 528 g/mol. The van der Waals surface area contributed by atoms with Gasteiger partial charge in [-0.15, -0.1) is 0 Å². The molecule has 5 aromatic rings. The minimum atomic E-state index is -0.382. The lowest BCUT2D eigenvalue weighted by Gasteiger charge is -2.08. The van der Waals surface area contributed by atoms with Crippen molar-refractivity contribution >= 4 is 57.7 Å². The Balaban J connectivity index is 1.17. The second-order valence-corrected chi connectivity index (χ2v) is 9.33. The van der Waals surface area contributed by atoms with E-state index in [-0.39, 0.29) is 11.0 Å². The van der Waals surface area contributed by atoms with Gasteiger partial charge in [0.1, 0.15) is 17.0 Å². The van der Waals surface area contributed by atoms with E-state index in [0.717, 1.165) is 39.0 Å². The molecule has 2 aromatic heterocycles. The van der Waals surface area contributed by atoms with E-state index in [1.807, 2.05) is 80.6 Å². The van der Waals surface area contributed by atoms with Crippen LogP contribution in [0.4, 0.5) is 5.69 Å². The number of nitrogens with zero attached hydrogens (tertiary/aromatic N) is 1. The van der Waals surface area contributed by atoms with Crippen molar-refractivity contribution < 1.29 is 13.6 Å². The normalized spacial score (nSPS) is 11.2. The summed E-state index contributed by atoms with van der Waals surface area (Å²) < 4.78 is 11.6. The molecule has 0 fully saturated rings. The lowest BCUT2D eigenvalue weighted by Crippen LogP contribution is -2.32. The number of nitrogens with one attached hydrogen (secondary N) is 2. The smallest absolute Gasteiger partial charge is 0.250 e. The van der Waals surface area contributed by atoms with Crippen molar-refractivity contribution in [3.63, 3.8) is 0 Å². The Bertz CT molecular complexity index is 1650. The summed E-state index contributed by atoms with van der Waals surface area (Å²) in [6, 6.07) is 22.6. The molecule has 0 saturated heterocycles. The quantitative estimate of drug-likeness (QED) is 0.181. The highest BCUT2D eigenvalue weighted by Crippen LogP contribution is 2.28. The van der Waals surface area contributed by atoms with Gasteiger partial charge >= 0.3 is 0 Å². The maximum absolute atomic E-state index is 12.3. The number of thiocarbonyl (C=S) groups is 1. The van der Waals surface area contributed by atoms with E-state index in [2.05, 4.69) is 15.6 Å². The monoisotopic (exact) mass is 527 g/mol. The Labute approximate surface area is 224 Å². The third kappa shape index (κ3) is 5.80. The molecule has 0 spiro atoms. The first kappa shape index (κ1) is 24.5. The first-order valence-corrected chi connectivity index (χ1v) is 12.3. The molecule has 2 N–H and O–H groups in total. The molecule has 3 aromatic carbocycles. The lowest BCUT2D eigenvalue weighted by molar-refractivity contribution is -0.115. The highest BCUT2D eigenvalue weighted by Gasteiger charge is 2.10. The molecule has 2 heterocycles. The Morgan fingerprint density at radius 2 is 1.73 bits per heavy atom. The van der Waals surface area contributed by atoms with Gasteiger partial charge in [0.05, 0.1) is 0 Å². The predicted molar refractivity (Wildman–Crippen MR) is 151 cm³/mol. The third-order valence-corrected chi connectivity index (χ3v) is 6.26. The van der Waals surface area contributed by atoms with Gasteiger partial charge in [-0.3, -0.25) is 10.1 Å². The minimum absolute atomic E-state index is 0.175. The maximum Gasteiger partial charge on any atom is 0.250 e. The van der Waals surface area contributed by atoms with Gasteiger partial charge in [0.25, 0.3) is 0 Å². The molecule has 0 saturated carbocycles. The number of hydrogen-bond donors (Lipinski definition) is 2. The topological polar surface area (TPSA) is 80.3 Å². The molecule has 0 atom stereocenters. The number of aryl methyl sites for hydroxylation is 2. The summed E-state index contributed by atoms with van der Waals surface area (Å²) in [5.41, 5.74) is 6.10. The summed E-state index contributed by atoms with van der Waals surface area (Å²) in [7, 11) is 0. The first-order chi connectivity index (χ1) is 17.8. The number of fused-ring (bicyclic) bond motifs is 1. The molecule has 184 valence electrons. The summed E-state index contributed by atoms with van der Waals surface area (Å²) in [6.07, 6.45) is 2.94. The van der Waals surface area contributed by atoms with Crippen LogP contribution in [0.15, 0.2) is 87.7 Å². The van der Waals surface area contributed by atoms with Gasteiger partial charge in [0.2, 0.25) is 11.8 Å². The van der Waals surface area contributed by atoms with E-state index in [1.165, 1.54) is 6.08 Å². The molecule has 6 nitrogen and oxygen atoms in total. The van der Waals surface area contributed by atoms with Crippen LogP contribution in [0.1, 0.15) is 16.9 Å². The summed E-state index contributed by atoms with van der Waals surface area (Å²) in [5, 5.41) is 6.47. The third-order valence-electron chi connectivity index (χ3n) is 5.65. The van der Waals surface area contributed by atoms with E-state index >= 15 is 0 Å². The van der Waals surface area contributed by atoms with Crippen molar-refractivity contribution in [1.29, 1.82) is 0 Å². The first-order valence-electron chi connectivity index (χ1n) is 11.5. The molecule has 0 bridgehead atoms. The van der Waals surface area contributed by atoms with Crippen molar-refractivity contribution in [1.82, 2.24) is 10.3 Å². The summed E-state index contributed by atoms with van der Waals surface area (Å²) in [4.78, 5) is 16.9. The van der Waals surface area contributed by atoms with Crippen LogP contribution in [-0.4, -0.2) is 16.0 Å². The molecule has 0 radical (unpaired) electrons. The number of oxazole rings is 1. The number of hydrogen-bond acceptors (Lipinski definition) is 5. The number of amides is 1. The number of carbonyl (C=O) groups is 1. The number of rotatable bonds is 5. The van der Waals surface area contributed by atoms with Gasteiger partial charge in [-0.05, 0) is 97.9 Å². The van der Waals surface area contributed by atoms with Crippen molar-refractivity contribution in [2.75, 3.05) is 5.32 Å². The van der Waals surface area contributed by atoms with Gasteiger partial charge in [-0.2, -0.15) is 0 Å². The van der Waals surface area contributed by atoms with Crippen molar-refractivity contribution in [2.45, 2.75) is 13.8 Å². The minimum Gasteiger partial charge on any atom is -0.457 e. The van der Waals surface area contributed by atoms with Crippen LogP contribution >= 0.6 is 23.8 Å². The van der Waals surface area contributed by atoms with Crippen LogP contribution < -0.4 is 10.6 Å². The van der Waals surface area contributed by atoms with Gasteiger partial charge in [0, 0.05) is 27.9 Å². The Morgan fingerprint density at radius 3 is 2.51 bits per heavy atom. The molecule has 0 aliphatic rings. The molecular weight excluding hydrogens is 506 g/mol. The van der Waals surface area contributed by atoms with E-state index < -0.39 is 0 Å². The molecule has 5 rings (SSSR count). The van der Waals surface area contributed by atoms with Crippen LogP contribution in [0, 0.1) is 13.8 Å². The Hall–Kier alpha value is -4.20. The molecular formula is C29H22ClN3O3S. The zero-order valence-electron chi connectivity index (χ0n) is 20.0. The van der Waals surface area contributed by atoms with E-state index in [4.69, 9.17) is 32.7 Å². The number of anilines is 1. The van der Waals surface area contributed by atoms with Crippen LogP contribution in [-0.2, 0) is 4.79 Å². The van der Waals surface area contributed by atoms with E-state index in [1.54, 1.807) is 12.1 Å². The second kappa shape index (κ2) is 10.4. The number of furan rings is 1. The number of benzene rings is 3. The Morgan fingerprint density at radius 1 is 0.946 bits per heavy atom. The number of aromatic nitrogens is 1. The van der Waals surface area contributed by atoms with Gasteiger partial charge in [-0.25, -0.2) is 4.98 Å². The second-order valence-electron chi connectivity index (χ2n) is 8.51. The van der Waals surface area contributed by atoms with Gasteiger partial charge in [0.15, 0.2) is 10.7 Å². The fraction of sp³-hybridized carbons (Fsp3) is 0.0690. The molecule has 1 amide bonds. The zero-order valence-corrected chi connectivity index (χ0v) is 21.6.